The number of likely N-dealkylation sites (N-methyl/N-ethyl adjacent to an activating group) is 1. The van der Waals surface area contributed by atoms with Crippen molar-refractivity contribution in [2.45, 2.75) is 19.9 Å². The van der Waals surface area contributed by atoms with Crippen LogP contribution in [-0.2, 0) is 6.54 Å². The van der Waals surface area contributed by atoms with Crippen LogP contribution in [0.3, 0.4) is 0 Å². The Kier molecular flexibility index (Phi) is 5.70. The van der Waals surface area contributed by atoms with E-state index in [0.29, 0.717) is 13.2 Å². The average Bonchev–Trinajstić information content (AvgIpc) is 2.45. The molecule has 0 spiro atoms. The molecular formula is C16H27N3O2. The molecule has 0 amide bonds. The largest absolute Gasteiger partial charge is 0.486 e. The Bertz CT molecular complexity index is 463. The molecule has 0 atom stereocenters. The molecule has 21 heavy (non-hydrogen) atoms. The number of rotatable bonds is 7. The molecule has 0 saturated heterocycles. The number of hydrogen-bond donors (Lipinski definition) is 1. The lowest BCUT2D eigenvalue weighted by Gasteiger charge is -2.26. The van der Waals surface area contributed by atoms with Crippen LogP contribution in [-0.4, -0.2) is 56.7 Å². The van der Waals surface area contributed by atoms with Gasteiger partial charge in [0.15, 0.2) is 11.5 Å². The third kappa shape index (κ3) is 4.51. The third-order valence-electron chi connectivity index (χ3n) is 3.60. The van der Waals surface area contributed by atoms with Crippen molar-refractivity contribution in [3.8, 4) is 11.5 Å². The van der Waals surface area contributed by atoms with Crippen molar-refractivity contribution in [3.63, 3.8) is 0 Å². The van der Waals surface area contributed by atoms with Gasteiger partial charge in [0.1, 0.15) is 13.2 Å². The van der Waals surface area contributed by atoms with Crippen molar-refractivity contribution >= 4 is 5.69 Å². The SMILES string of the molecule is CCCN(CCN(C)C)Cc1cc2c(cc1N)OCCO2. The lowest BCUT2D eigenvalue weighted by molar-refractivity contribution is 0.171. The highest BCUT2D eigenvalue weighted by Crippen LogP contribution is 2.34. The normalized spacial score (nSPS) is 14.0. The summed E-state index contributed by atoms with van der Waals surface area (Å²) in [4.78, 5) is 4.64. The minimum Gasteiger partial charge on any atom is -0.486 e. The predicted octanol–water partition coefficient (Wildman–Crippen LogP) is 1.81. The summed E-state index contributed by atoms with van der Waals surface area (Å²) in [5, 5.41) is 0. The number of nitrogens with zero attached hydrogens (tertiary/aromatic N) is 2. The number of fused-ring (bicyclic) bond motifs is 1. The molecule has 1 aliphatic heterocycles. The van der Waals surface area contributed by atoms with Gasteiger partial charge in [0.25, 0.3) is 0 Å². The van der Waals surface area contributed by atoms with E-state index in [1.54, 1.807) is 0 Å². The molecule has 0 unspecified atom stereocenters. The first-order valence-corrected chi connectivity index (χ1v) is 7.65. The van der Waals surface area contributed by atoms with Crippen molar-refractivity contribution in [2.24, 2.45) is 0 Å². The molecular weight excluding hydrogens is 266 g/mol. The van der Waals surface area contributed by atoms with E-state index in [2.05, 4.69) is 30.8 Å². The van der Waals surface area contributed by atoms with Gasteiger partial charge in [-0.3, -0.25) is 4.90 Å². The maximum absolute atomic E-state index is 6.17. The molecule has 1 heterocycles. The Morgan fingerprint density at radius 2 is 1.71 bits per heavy atom. The highest BCUT2D eigenvalue weighted by molar-refractivity contribution is 5.58. The van der Waals surface area contributed by atoms with E-state index in [0.717, 1.165) is 55.3 Å². The number of anilines is 1. The number of hydrogen-bond acceptors (Lipinski definition) is 5. The number of nitrogens with two attached hydrogens (primary N) is 1. The van der Waals surface area contributed by atoms with Crippen LogP contribution in [0.4, 0.5) is 5.69 Å². The minimum atomic E-state index is 0.594. The molecule has 0 radical (unpaired) electrons. The predicted molar refractivity (Wildman–Crippen MR) is 86.0 cm³/mol. The van der Waals surface area contributed by atoms with Crippen molar-refractivity contribution in [1.82, 2.24) is 9.80 Å². The monoisotopic (exact) mass is 293 g/mol. The molecule has 1 aliphatic rings. The van der Waals surface area contributed by atoms with E-state index in [1.807, 2.05) is 12.1 Å². The van der Waals surface area contributed by atoms with Crippen molar-refractivity contribution in [3.05, 3.63) is 17.7 Å². The summed E-state index contributed by atoms with van der Waals surface area (Å²) in [5.74, 6) is 1.58. The van der Waals surface area contributed by atoms with E-state index in [4.69, 9.17) is 15.2 Å². The molecule has 0 saturated carbocycles. The summed E-state index contributed by atoms with van der Waals surface area (Å²) in [6.07, 6.45) is 1.14. The third-order valence-corrected chi connectivity index (χ3v) is 3.60. The fraction of sp³-hybridized carbons (Fsp3) is 0.625. The van der Waals surface area contributed by atoms with Crippen molar-refractivity contribution in [1.29, 1.82) is 0 Å². The zero-order valence-corrected chi connectivity index (χ0v) is 13.4. The molecule has 5 nitrogen and oxygen atoms in total. The molecule has 2 rings (SSSR count). The van der Waals surface area contributed by atoms with Gasteiger partial charge in [-0.15, -0.1) is 0 Å². The maximum atomic E-state index is 6.17. The fourth-order valence-electron chi connectivity index (χ4n) is 2.45. The summed E-state index contributed by atoms with van der Waals surface area (Å²) in [6.45, 7) is 7.41. The van der Waals surface area contributed by atoms with Crippen LogP contribution in [0.2, 0.25) is 0 Å². The highest BCUT2D eigenvalue weighted by Gasteiger charge is 2.16. The summed E-state index contributed by atoms with van der Waals surface area (Å²) in [7, 11) is 4.20. The number of ether oxygens (including phenoxy) is 2. The molecule has 0 bridgehead atoms. The Labute approximate surface area is 127 Å². The zero-order valence-electron chi connectivity index (χ0n) is 13.4. The van der Waals surface area contributed by atoms with Gasteiger partial charge in [0, 0.05) is 31.4 Å². The Morgan fingerprint density at radius 1 is 1.05 bits per heavy atom. The molecule has 118 valence electrons. The van der Waals surface area contributed by atoms with E-state index in [9.17, 15) is 0 Å². The van der Waals surface area contributed by atoms with Gasteiger partial charge in [0.2, 0.25) is 0 Å². The quantitative estimate of drug-likeness (QED) is 0.777. The van der Waals surface area contributed by atoms with Gasteiger partial charge < -0.3 is 20.1 Å². The van der Waals surface area contributed by atoms with E-state index in [-0.39, 0.29) is 0 Å². The molecule has 1 aromatic rings. The van der Waals surface area contributed by atoms with E-state index >= 15 is 0 Å². The fourth-order valence-corrected chi connectivity index (χ4v) is 2.45. The second kappa shape index (κ2) is 7.52. The number of nitrogen functional groups attached to an aromatic ring is 1. The van der Waals surface area contributed by atoms with E-state index < -0.39 is 0 Å². The first kappa shape index (κ1) is 15.9. The second-order valence-electron chi connectivity index (χ2n) is 5.77. The lowest BCUT2D eigenvalue weighted by Crippen LogP contribution is -2.32. The molecule has 0 aliphatic carbocycles. The molecule has 0 aromatic heterocycles. The Morgan fingerprint density at radius 3 is 2.33 bits per heavy atom. The van der Waals surface area contributed by atoms with Crippen LogP contribution in [0.1, 0.15) is 18.9 Å². The van der Waals surface area contributed by atoms with Crippen molar-refractivity contribution < 1.29 is 9.47 Å². The minimum absolute atomic E-state index is 0.594. The number of benzene rings is 1. The summed E-state index contributed by atoms with van der Waals surface area (Å²) in [6, 6.07) is 3.92. The van der Waals surface area contributed by atoms with Gasteiger partial charge in [0.05, 0.1) is 0 Å². The molecule has 0 fully saturated rings. The average molecular weight is 293 g/mol. The molecule has 1 aromatic carbocycles. The molecule has 2 N–H and O–H groups in total. The van der Waals surface area contributed by atoms with Crippen LogP contribution >= 0.6 is 0 Å². The standard InChI is InChI=1S/C16H27N3O2/c1-4-5-19(7-6-18(2)3)12-13-10-15-16(11-14(13)17)21-9-8-20-15/h10-11H,4-9,12,17H2,1-3H3. The van der Waals surface area contributed by atoms with E-state index in [1.165, 1.54) is 0 Å². The van der Waals surface area contributed by atoms with Crippen LogP contribution in [0.15, 0.2) is 12.1 Å². The lowest BCUT2D eigenvalue weighted by atomic mass is 10.1. The summed E-state index contributed by atoms with van der Waals surface area (Å²) >= 11 is 0. The van der Waals surface area contributed by atoms with Gasteiger partial charge in [-0.1, -0.05) is 6.92 Å². The maximum Gasteiger partial charge on any atom is 0.163 e. The first-order chi connectivity index (χ1) is 10.1. The van der Waals surface area contributed by atoms with Crippen LogP contribution in [0.5, 0.6) is 11.5 Å². The second-order valence-corrected chi connectivity index (χ2v) is 5.77. The van der Waals surface area contributed by atoms with Gasteiger partial charge in [-0.05, 0) is 38.7 Å². The first-order valence-electron chi connectivity index (χ1n) is 7.65. The Hall–Kier alpha value is -1.46. The highest BCUT2D eigenvalue weighted by atomic mass is 16.6. The topological polar surface area (TPSA) is 51.0 Å². The van der Waals surface area contributed by atoms with Crippen LogP contribution in [0, 0.1) is 0 Å². The van der Waals surface area contributed by atoms with Gasteiger partial charge in [-0.2, -0.15) is 0 Å². The van der Waals surface area contributed by atoms with Gasteiger partial charge in [-0.25, -0.2) is 0 Å². The smallest absolute Gasteiger partial charge is 0.163 e. The molecule has 5 heteroatoms. The van der Waals surface area contributed by atoms with Gasteiger partial charge >= 0.3 is 0 Å². The summed E-state index contributed by atoms with van der Waals surface area (Å²) < 4.78 is 11.2. The zero-order chi connectivity index (χ0) is 15.2. The van der Waals surface area contributed by atoms with Crippen molar-refractivity contribution in [2.75, 3.05) is 52.7 Å². The Balaban J connectivity index is 2.08. The van der Waals surface area contributed by atoms with Crippen LogP contribution in [0.25, 0.3) is 0 Å². The van der Waals surface area contributed by atoms with Crippen LogP contribution < -0.4 is 15.2 Å². The summed E-state index contributed by atoms with van der Waals surface area (Å²) in [5.41, 5.74) is 8.07.